The lowest BCUT2D eigenvalue weighted by Crippen LogP contribution is -2.38. The zero-order valence-electron chi connectivity index (χ0n) is 13.6. The van der Waals surface area contributed by atoms with Gasteiger partial charge in [-0.2, -0.15) is 0 Å². The van der Waals surface area contributed by atoms with Crippen molar-refractivity contribution >= 4 is 6.09 Å². The highest BCUT2D eigenvalue weighted by Crippen LogP contribution is 2.50. The normalized spacial score (nSPS) is 31.2. The average Bonchev–Trinajstić information content (AvgIpc) is 2.91. The predicted molar refractivity (Wildman–Crippen MR) is 84.7 cm³/mol. The van der Waals surface area contributed by atoms with Crippen molar-refractivity contribution < 1.29 is 14.6 Å². The molecule has 3 rings (SSSR count). The van der Waals surface area contributed by atoms with Crippen LogP contribution < -0.4 is 0 Å². The molecule has 0 spiro atoms. The Labute approximate surface area is 132 Å². The van der Waals surface area contributed by atoms with Crippen LogP contribution in [0.1, 0.15) is 39.2 Å². The van der Waals surface area contributed by atoms with Crippen LogP contribution in [0.3, 0.4) is 0 Å². The van der Waals surface area contributed by atoms with Gasteiger partial charge in [-0.1, -0.05) is 30.3 Å². The first kappa shape index (κ1) is 15.3. The quantitative estimate of drug-likeness (QED) is 0.868. The highest BCUT2D eigenvalue weighted by molar-refractivity contribution is 5.69. The summed E-state index contributed by atoms with van der Waals surface area (Å²) >= 11 is 0. The van der Waals surface area contributed by atoms with E-state index in [0.29, 0.717) is 19.0 Å². The van der Waals surface area contributed by atoms with Crippen LogP contribution in [-0.2, 0) is 10.2 Å². The van der Waals surface area contributed by atoms with Gasteiger partial charge in [0.25, 0.3) is 0 Å². The zero-order chi connectivity index (χ0) is 16.0. The number of aliphatic hydroxyl groups excluding tert-OH is 1. The van der Waals surface area contributed by atoms with Gasteiger partial charge in [0.05, 0.1) is 6.10 Å². The van der Waals surface area contributed by atoms with Crippen LogP contribution in [0, 0.1) is 5.92 Å². The van der Waals surface area contributed by atoms with Crippen LogP contribution in [-0.4, -0.2) is 40.9 Å². The lowest BCUT2D eigenvalue weighted by Gasteiger charge is -2.30. The number of rotatable bonds is 1. The van der Waals surface area contributed by atoms with E-state index in [0.717, 1.165) is 12.8 Å². The molecule has 3 atom stereocenters. The van der Waals surface area contributed by atoms with Crippen molar-refractivity contribution in [2.24, 2.45) is 5.92 Å². The standard InChI is InChI=1S/C18H25NO3/c1-17(2,3)22-16(21)19-11-14-9-15(20)10-18(14,12-19)13-7-5-4-6-8-13/h4-8,14-15,20H,9-12H2,1-3H3/t14-,15-,18+/m1/s1. The second kappa shape index (κ2) is 5.27. The van der Waals surface area contributed by atoms with Crippen LogP contribution in [0.4, 0.5) is 4.79 Å². The van der Waals surface area contributed by atoms with Gasteiger partial charge in [0.2, 0.25) is 0 Å². The summed E-state index contributed by atoms with van der Waals surface area (Å²) < 4.78 is 5.52. The summed E-state index contributed by atoms with van der Waals surface area (Å²) in [6.45, 7) is 6.96. The molecule has 4 heteroatoms. The van der Waals surface area contributed by atoms with Gasteiger partial charge in [-0.25, -0.2) is 4.79 Å². The van der Waals surface area contributed by atoms with Crippen molar-refractivity contribution in [3.63, 3.8) is 0 Å². The van der Waals surface area contributed by atoms with E-state index in [9.17, 15) is 9.90 Å². The number of nitrogens with zero attached hydrogens (tertiary/aromatic N) is 1. The summed E-state index contributed by atoms with van der Waals surface area (Å²) in [5.41, 5.74) is 0.619. The monoisotopic (exact) mass is 303 g/mol. The van der Waals surface area contributed by atoms with E-state index in [1.165, 1.54) is 5.56 Å². The SMILES string of the molecule is CC(C)(C)OC(=O)N1C[C@H]2C[C@@H](O)C[C@@]2(c2ccccc2)C1. The Morgan fingerprint density at radius 2 is 2.00 bits per heavy atom. The fraction of sp³-hybridized carbons (Fsp3) is 0.611. The summed E-state index contributed by atoms with van der Waals surface area (Å²) in [5.74, 6) is 0.303. The third-order valence-electron chi connectivity index (χ3n) is 4.85. The molecular formula is C18H25NO3. The molecule has 1 N–H and O–H groups in total. The summed E-state index contributed by atoms with van der Waals surface area (Å²) in [6.07, 6.45) is 0.965. The highest BCUT2D eigenvalue weighted by Gasteiger charge is 2.54. The van der Waals surface area contributed by atoms with Gasteiger partial charge < -0.3 is 14.7 Å². The first-order valence-electron chi connectivity index (χ1n) is 8.02. The molecule has 1 amide bonds. The fourth-order valence-electron chi connectivity index (χ4n) is 4.02. The molecule has 0 unspecified atom stereocenters. The number of carbonyl (C=O) groups is 1. The number of benzene rings is 1. The van der Waals surface area contributed by atoms with Crippen LogP contribution in [0.25, 0.3) is 0 Å². The molecule has 1 aliphatic carbocycles. The summed E-state index contributed by atoms with van der Waals surface area (Å²) in [4.78, 5) is 14.2. The Hall–Kier alpha value is -1.55. The largest absolute Gasteiger partial charge is 0.444 e. The molecule has 0 radical (unpaired) electrons. The summed E-state index contributed by atoms with van der Waals surface area (Å²) in [5, 5.41) is 10.1. The van der Waals surface area contributed by atoms with E-state index in [2.05, 4.69) is 12.1 Å². The number of amides is 1. The van der Waals surface area contributed by atoms with Gasteiger partial charge in [0.1, 0.15) is 5.60 Å². The number of hydrogen-bond acceptors (Lipinski definition) is 3. The van der Waals surface area contributed by atoms with Crippen LogP contribution in [0.2, 0.25) is 0 Å². The summed E-state index contributed by atoms with van der Waals surface area (Å²) in [6, 6.07) is 10.3. The van der Waals surface area contributed by atoms with Gasteiger partial charge in [0.15, 0.2) is 0 Å². The van der Waals surface area contributed by atoms with E-state index in [1.807, 2.05) is 43.9 Å². The van der Waals surface area contributed by atoms with Crippen molar-refractivity contribution in [2.45, 2.75) is 50.7 Å². The van der Waals surface area contributed by atoms with Crippen molar-refractivity contribution in [3.05, 3.63) is 35.9 Å². The number of likely N-dealkylation sites (tertiary alicyclic amines) is 1. The molecule has 1 aliphatic heterocycles. The number of fused-ring (bicyclic) bond motifs is 1. The highest BCUT2D eigenvalue weighted by atomic mass is 16.6. The molecule has 2 fully saturated rings. The topological polar surface area (TPSA) is 49.8 Å². The lowest BCUT2D eigenvalue weighted by atomic mass is 9.74. The van der Waals surface area contributed by atoms with Gasteiger partial charge in [-0.3, -0.25) is 0 Å². The Bertz CT molecular complexity index is 551. The van der Waals surface area contributed by atoms with Crippen molar-refractivity contribution in [3.8, 4) is 0 Å². The third kappa shape index (κ3) is 2.72. The van der Waals surface area contributed by atoms with Gasteiger partial charge in [-0.15, -0.1) is 0 Å². The van der Waals surface area contributed by atoms with Crippen LogP contribution in [0.5, 0.6) is 0 Å². The summed E-state index contributed by atoms with van der Waals surface area (Å²) in [7, 11) is 0. The molecule has 0 bridgehead atoms. The van der Waals surface area contributed by atoms with E-state index >= 15 is 0 Å². The smallest absolute Gasteiger partial charge is 0.410 e. The number of aliphatic hydroxyl groups is 1. The van der Waals surface area contributed by atoms with Crippen LogP contribution >= 0.6 is 0 Å². The maximum Gasteiger partial charge on any atom is 0.410 e. The van der Waals surface area contributed by atoms with E-state index in [1.54, 1.807) is 0 Å². The van der Waals surface area contributed by atoms with Crippen molar-refractivity contribution in [2.75, 3.05) is 13.1 Å². The minimum Gasteiger partial charge on any atom is -0.444 e. The molecule has 1 aromatic rings. The Morgan fingerprint density at radius 3 is 2.64 bits per heavy atom. The Kier molecular flexibility index (Phi) is 3.68. The molecule has 1 saturated carbocycles. The first-order valence-corrected chi connectivity index (χ1v) is 8.02. The van der Waals surface area contributed by atoms with Crippen LogP contribution in [0.15, 0.2) is 30.3 Å². The molecule has 120 valence electrons. The second-order valence-electron chi connectivity index (χ2n) is 7.67. The number of ether oxygens (including phenoxy) is 1. The number of hydrogen-bond donors (Lipinski definition) is 1. The zero-order valence-corrected chi connectivity index (χ0v) is 13.6. The predicted octanol–water partition coefficient (Wildman–Crippen LogP) is 2.95. The second-order valence-corrected chi connectivity index (χ2v) is 7.67. The number of carbonyl (C=O) groups excluding carboxylic acids is 1. The molecule has 22 heavy (non-hydrogen) atoms. The maximum atomic E-state index is 12.4. The molecule has 0 aromatic heterocycles. The average molecular weight is 303 g/mol. The molecule has 4 nitrogen and oxygen atoms in total. The van der Waals surface area contributed by atoms with E-state index < -0.39 is 5.60 Å². The maximum absolute atomic E-state index is 12.4. The van der Waals surface area contributed by atoms with Gasteiger partial charge >= 0.3 is 6.09 Å². The molecule has 1 saturated heterocycles. The third-order valence-corrected chi connectivity index (χ3v) is 4.85. The molecule has 1 aromatic carbocycles. The van der Waals surface area contributed by atoms with Crippen molar-refractivity contribution in [1.82, 2.24) is 4.90 Å². The molecule has 1 heterocycles. The lowest BCUT2D eigenvalue weighted by molar-refractivity contribution is 0.0265. The first-order chi connectivity index (χ1) is 10.3. The van der Waals surface area contributed by atoms with E-state index in [-0.39, 0.29) is 17.6 Å². The molecule has 2 aliphatic rings. The minimum atomic E-state index is -0.478. The Balaban J connectivity index is 1.84. The van der Waals surface area contributed by atoms with Crippen molar-refractivity contribution in [1.29, 1.82) is 0 Å². The Morgan fingerprint density at radius 1 is 1.32 bits per heavy atom. The van der Waals surface area contributed by atoms with Gasteiger partial charge in [-0.05, 0) is 45.1 Å². The molecular weight excluding hydrogens is 278 g/mol. The fourth-order valence-corrected chi connectivity index (χ4v) is 4.02. The minimum absolute atomic E-state index is 0.127. The van der Waals surface area contributed by atoms with E-state index in [4.69, 9.17) is 4.74 Å². The van der Waals surface area contributed by atoms with Gasteiger partial charge in [0, 0.05) is 18.5 Å².